The van der Waals surface area contributed by atoms with Crippen LogP contribution in [0.3, 0.4) is 0 Å². The van der Waals surface area contributed by atoms with Crippen molar-refractivity contribution in [3.05, 3.63) is 64.4 Å². The molecule has 154 valence electrons. The Kier molecular flexibility index (Phi) is 6.24. The first kappa shape index (κ1) is 21.3. The first-order valence-electron chi connectivity index (χ1n) is 9.19. The smallest absolute Gasteiger partial charge is 0.242 e. The van der Waals surface area contributed by atoms with Crippen LogP contribution in [0, 0.1) is 5.82 Å². The first-order chi connectivity index (χ1) is 13.7. The fourth-order valence-electron chi connectivity index (χ4n) is 3.04. The van der Waals surface area contributed by atoms with Crippen LogP contribution in [0.2, 0.25) is 5.02 Å². The summed E-state index contributed by atoms with van der Waals surface area (Å²) in [4.78, 5) is 12.4. The maximum absolute atomic E-state index is 13.5. The standard InChI is InChI=1S/C20H21ClFN3O3S/c1-3-20(26)25-19(14-7-10-17(22)16(21)11-14)12-18(23-25)13-5-8-15(9-6-13)24-29(27,28)4-2/h5-11,19,24H,3-4,12H2,1-2H3/t19-/m1/s1. The summed E-state index contributed by atoms with van der Waals surface area (Å²) in [5, 5.41) is 5.89. The van der Waals surface area contributed by atoms with Crippen molar-refractivity contribution >= 4 is 38.9 Å². The van der Waals surface area contributed by atoms with Gasteiger partial charge in [0.05, 0.1) is 22.5 Å². The molecule has 1 heterocycles. The number of amides is 1. The molecule has 6 nitrogen and oxygen atoms in total. The zero-order valence-corrected chi connectivity index (χ0v) is 17.6. The van der Waals surface area contributed by atoms with Crippen molar-refractivity contribution in [1.29, 1.82) is 0 Å². The Hall–Kier alpha value is -2.45. The molecule has 0 aliphatic carbocycles. The Balaban J connectivity index is 1.88. The molecule has 1 N–H and O–H groups in total. The lowest BCUT2D eigenvalue weighted by Gasteiger charge is -2.21. The van der Waals surface area contributed by atoms with Gasteiger partial charge in [-0.3, -0.25) is 9.52 Å². The third-order valence-electron chi connectivity index (χ3n) is 4.67. The molecule has 3 rings (SSSR count). The van der Waals surface area contributed by atoms with E-state index in [4.69, 9.17) is 11.6 Å². The predicted octanol–water partition coefficient (Wildman–Crippen LogP) is 4.33. The lowest BCUT2D eigenvalue weighted by Crippen LogP contribution is -2.26. The first-order valence-corrected chi connectivity index (χ1v) is 11.2. The zero-order chi connectivity index (χ0) is 21.2. The van der Waals surface area contributed by atoms with E-state index in [1.54, 1.807) is 44.2 Å². The number of carbonyl (C=O) groups excluding carboxylic acids is 1. The van der Waals surface area contributed by atoms with Crippen LogP contribution >= 0.6 is 11.6 Å². The van der Waals surface area contributed by atoms with E-state index < -0.39 is 15.8 Å². The van der Waals surface area contributed by atoms with Crippen molar-refractivity contribution in [2.24, 2.45) is 5.10 Å². The van der Waals surface area contributed by atoms with Gasteiger partial charge < -0.3 is 0 Å². The molecule has 9 heteroatoms. The Morgan fingerprint density at radius 1 is 1.24 bits per heavy atom. The van der Waals surface area contributed by atoms with Crippen molar-refractivity contribution in [2.75, 3.05) is 10.5 Å². The number of sulfonamides is 1. The summed E-state index contributed by atoms with van der Waals surface area (Å²) >= 11 is 5.92. The third-order valence-corrected chi connectivity index (χ3v) is 6.26. The van der Waals surface area contributed by atoms with Crippen molar-refractivity contribution in [3.63, 3.8) is 0 Å². The molecule has 0 saturated heterocycles. The minimum atomic E-state index is -3.36. The lowest BCUT2D eigenvalue weighted by atomic mass is 9.98. The fourth-order valence-corrected chi connectivity index (χ4v) is 3.87. The average molecular weight is 438 g/mol. The van der Waals surface area contributed by atoms with Gasteiger partial charge in [0.25, 0.3) is 0 Å². The van der Waals surface area contributed by atoms with Crippen LogP contribution in [0.4, 0.5) is 10.1 Å². The van der Waals surface area contributed by atoms with Crippen LogP contribution < -0.4 is 4.72 Å². The van der Waals surface area contributed by atoms with Crippen LogP contribution in [0.25, 0.3) is 0 Å². The summed E-state index contributed by atoms with van der Waals surface area (Å²) in [7, 11) is -3.36. The monoisotopic (exact) mass is 437 g/mol. The molecule has 2 aromatic rings. The maximum Gasteiger partial charge on any atom is 0.242 e. The van der Waals surface area contributed by atoms with E-state index in [1.807, 2.05) is 0 Å². The van der Waals surface area contributed by atoms with Crippen LogP contribution in [-0.2, 0) is 14.8 Å². The minimum absolute atomic E-state index is 0.00703. The van der Waals surface area contributed by atoms with Crippen molar-refractivity contribution in [2.45, 2.75) is 32.7 Å². The average Bonchev–Trinajstić information content (AvgIpc) is 3.15. The van der Waals surface area contributed by atoms with Gasteiger partial charge in [-0.15, -0.1) is 0 Å². The molecular weight excluding hydrogens is 417 g/mol. The molecule has 1 aliphatic rings. The van der Waals surface area contributed by atoms with Crippen LogP contribution in [0.1, 0.15) is 43.9 Å². The van der Waals surface area contributed by atoms with Gasteiger partial charge in [-0.1, -0.05) is 36.7 Å². The summed E-state index contributed by atoms with van der Waals surface area (Å²) < 4.78 is 39.4. The van der Waals surface area contributed by atoms with Crippen molar-refractivity contribution < 1.29 is 17.6 Å². The SMILES string of the molecule is CCC(=O)N1N=C(c2ccc(NS(=O)(=O)CC)cc2)C[C@@H]1c1ccc(F)c(Cl)c1. The van der Waals surface area contributed by atoms with Gasteiger partial charge in [-0.05, 0) is 42.3 Å². The zero-order valence-electron chi connectivity index (χ0n) is 16.0. The number of anilines is 1. The number of hydrogen-bond acceptors (Lipinski definition) is 4. The minimum Gasteiger partial charge on any atom is -0.284 e. The Bertz CT molecular complexity index is 1060. The molecular formula is C20H21ClFN3O3S. The van der Waals surface area contributed by atoms with Crippen molar-refractivity contribution in [1.82, 2.24) is 5.01 Å². The highest BCUT2D eigenvalue weighted by molar-refractivity contribution is 7.92. The van der Waals surface area contributed by atoms with Gasteiger partial charge in [0.1, 0.15) is 5.82 Å². The van der Waals surface area contributed by atoms with Crippen LogP contribution in [-0.4, -0.2) is 30.8 Å². The van der Waals surface area contributed by atoms with E-state index in [0.29, 0.717) is 23.4 Å². The molecule has 29 heavy (non-hydrogen) atoms. The molecule has 0 bridgehead atoms. The van der Waals surface area contributed by atoms with E-state index in [1.165, 1.54) is 17.1 Å². The summed E-state index contributed by atoms with van der Waals surface area (Å²) in [6.45, 7) is 3.31. The third kappa shape index (κ3) is 4.76. The molecule has 0 aromatic heterocycles. The highest BCUT2D eigenvalue weighted by Crippen LogP contribution is 2.35. The van der Waals surface area contributed by atoms with Gasteiger partial charge in [0.15, 0.2) is 0 Å². The Labute approximate surface area is 174 Å². The number of hydrogen-bond donors (Lipinski definition) is 1. The summed E-state index contributed by atoms with van der Waals surface area (Å²) in [6, 6.07) is 10.8. The number of rotatable bonds is 6. The number of benzene rings is 2. The lowest BCUT2D eigenvalue weighted by molar-refractivity contribution is -0.132. The van der Waals surface area contributed by atoms with E-state index in [9.17, 15) is 17.6 Å². The van der Waals surface area contributed by atoms with E-state index >= 15 is 0 Å². The van der Waals surface area contributed by atoms with Gasteiger partial charge in [-0.25, -0.2) is 17.8 Å². The topological polar surface area (TPSA) is 78.8 Å². The van der Waals surface area contributed by atoms with Crippen LogP contribution in [0.5, 0.6) is 0 Å². The summed E-state index contributed by atoms with van der Waals surface area (Å²) in [5.74, 6) is -0.692. The molecule has 1 amide bonds. The second-order valence-electron chi connectivity index (χ2n) is 6.61. The molecule has 0 unspecified atom stereocenters. The predicted molar refractivity (Wildman–Crippen MR) is 112 cm³/mol. The van der Waals surface area contributed by atoms with E-state index in [0.717, 1.165) is 5.56 Å². The number of hydrazone groups is 1. The largest absolute Gasteiger partial charge is 0.284 e. The van der Waals surface area contributed by atoms with Gasteiger partial charge in [0.2, 0.25) is 15.9 Å². The summed E-state index contributed by atoms with van der Waals surface area (Å²) in [5.41, 5.74) is 2.61. The molecule has 1 atom stereocenters. The molecule has 0 radical (unpaired) electrons. The van der Waals surface area contributed by atoms with Crippen molar-refractivity contribution in [3.8, 4) is 0 Å². The van der Waals surface area contributed by atoms with Gasteiger partial charge >= 0.3 is 0 Å². The molecule has 0 saturated carbocycles. The quantitative estimate of drug-likeness (QED) is 0.730. The van der Waals surface area contributed by atoms with Gasteiger partial charge in [0, 0.05) is 18.5 Å². The molecule has 0 fully saturated rings. The number of carbonyl (C=O) groups is 1. The summed E-state index contributed by atoms with van der Waals surface area (Å²) in [6.07, 6.45) is 0.716. The number of nitrogens with zero attached hydrogens (tertiary/aromatic N) is 2. The highest BCUT2D eigenvalue weighted by Gasteiger charge is 2.32. The normalized spacial score (nSPS) is 16.6. The second kappa shape index (κ2) is 8.51. The van der Waals surface area contributed by atoms with E-state index in [-0.39, 0.29) is 29.1 Å². The molecule has 2 aromatic carbocycles. The fraction of sp³-hybridized carbons (Fsp3) is 0.300. The van der Waals surface area contributed by atoms with Gasteiger partial charge in [-0.2, -0.15) is 5.10 Å². The highest BCUT2D eigenvalue weighted by atomic mass is 35.5. The van der Waals surface area contributed by atoms with E-state index in [2.05, 4.69) is 9.82 Å². The van der Waals surface area contributed by atoms with Crippen LogP contribution in [0.15, 0.2) is 47.6 Å². The maximum atomic E-state index is 13.5. The number of nitrogens with one attached hydrogen (secondary N) is 1. The molecule has 1 aliphatic heterocycles. The Morgan fingerprint density at radius 2 is 1.93 bits per heavy atom. The second-order valence-corrected chi connectivity index (χ2v) is 9.03. The molecule has 0 spiro atoms. The Morgan fingerprint density at radius 3 is 2.52 bits per heavy atom. The number of halogens is 2.